The standard InChI is InChI=1S/C17H23N3OS.ClH/c1-11-6-7-14(12(2)10-11)16-19-13(3)15(22-16)17(21)20(5)9-8-18-4;/h6-7,10,18H,8-9H2,1-5H3;1H. The van der Waals surface area contributed by atoms with E-state index in [9.17, 15) is 4.79 Å². The van der Waals surface area contributed by atoms with E-state index in [4.69, 9.17) is 0 Å². The van der Waals surface area contributed by atoms with Gasteiger partial charge in [-0.05, 0) is 33.4 Å². The highest BCUT2D eigenvalue weighted by atomic mass is 35.5. The third-order valence-electron chi connectivity index (χ3n) is 3.65. The minimum Gasteiger partial charge on any atom is -0.340 e. The molecule has 0 spiro atoms. The molecule has 0 saturated heterocycles. The first-order valence-electron chi connectivity index (χ1n) is 7.39. The van der Waals surface area contributed by atoms with Gasteiger partial charge in [0.15, 0.2) is 0 Å². The first-order valence-corrected chi connectivity index (χ1v) is 8.20. The summed E-state index contributed by atoms with van der Waals surface area (Å²) < 4.78 is 0. The van der Waals surface area contributed by atoms with E-state index < -0.39 is 0 Å². The molecule has 4 nitrogen and oxygen atoms in total. The first kappa shape index (κ1) is 19.6. The zero-order chi connectivity index (χ0) is 16.3. The Balaban J connectivity index is 0.00000264. The molecular weight excluding hydrogens is 330 g/mol. The molecule has 1 N–H and O–H groups in total. The summed E-state index contributed by atoms with van der Waals surface area (Å²) in [6.45, 7) is 7.54. The predicted molar refractivity (Wildman–Crippen MR) is 99.9 cm³/mol. The molecule has 0 aliphatic rings. The smallest absolute Gasteiger partial charge is 0.265 e. The van der Waals surface area contributed by atoms with E-state index in [2.05, 4.69) is 42.3 Å². The molecule has 0 aliphatic heterocycles. The van der Waals surface area contributed by atoms with Crippen LogP contribution < -0.4 is 5.32 Å². The lowest BCUT2D eigenvalue weighted by Crippen LogP contribution is -2.32. The van der Waals surface area contributed by atoms with Crippen molar-refractivity contribution in [3.05, 3.63) is 39.9 Å². The van der Waals surface area contributed by atoms with Gasteiger partial charge in [-0.2, -0.15) is 0 Å². The first-order chi connectivity index (χ1) is 10.4. The van der Waals surface area contributed by atoms with Crippen molar-refractivity contribution in [1.82, 2.24) is 15.2 Å². The Hall–Kier alpha value is -1.43. The normalized spacial score (nSPS) is 10.3. The van der Waals surface area contributed by atoms with Crippen molar-refractivity contribution < 1.29 is 4.79 Å². The fourth-order valence-corrected chi connectivity index (χ4v) is 3.47. The Morgan fingerprint density at radius 3 is 2.61 bits per heavy atom. The van der Waals surface area contributed by atoms with E-state index in [1.807, 2.05) is 21.0 Å². The number of nitrogens with one attached hydrogen (secondary N) is 1. The van der Waals surface area contributed by atoms with Gasteiger partial charge in [-0.1, -0.05) is 23.8 Å². The quantitative estimate of drug-likeness (QED) is 0.895. The molecule has 1 aromatic heterocycles. The largest absolute Gasteiger partial charge is 0.340 e. The van der Waals surface area contributed by atoms with Gasteiger partial charge in [0.25, 0.3) is 5.91 Å². The summed E-state index contributed by atoms with van der Waals surface area (Å²) >= 11 is 1.48. The number of benzene rings is 1. The van der Waals surface area contributed by atoms with Crippen LogP contribution in [-0.2, 0) is 0 Å². The number of carbonyl (C=O) groups is 1. The van der Waals surface area contributed by atoms with Gasteiger partial charge in [-0.25, -0.2) is 4.98 Å². The average Bonchev–Trinajstić information content (AvgIpc) is 2.85. The summed E-state index contributed by atoms with van der Waals surface area (Å²) in [7, 11) is 3.71. The second-order valence-corrected chi connectivity index (χ2v) is 6.58. The van der Waals surface area contributed by atoms with Crippen molar-refractivity contribution >= 4 is 29.7 Å². The van der Waals surface area contributed by atoms with Crippen LogP contribution in [0.25, 0.3) is 10.6 Å². The number of carbonyl (C=O) groups excluding carboxylic acids is 1. The van der Waals surface area contributed by atoms with Gasteiger partial charge in [-0.3, -0.25) is 4.79 Å². The van der Waals surface area contributed by atoms with Crippen LogP contribution in [-0.4, -0.2) is 43.0 Å². The summed E-state index contributed by atoms with van der Waals surface area (Å²) in [4.78, 5) is 19.6. The molecule has 2 aromatic rings. The minimum atomic E-state index is 0. The number of likely N-dealkylation sites (N-methyl/N-ethyl adjacent to an activating group) is 2. The molecule has 1 aromatic carbocycles. The number of nitrogens with zero attached hydrogens (tertiary/aromatic N) is 2. The summed E-state index contributed by atoms with van der Waals surface area (Å²) in [5.41, 5.74) is 4.34. The number of hydrogen-bond donors (Lipinski definition) is 1. The number of aromatic nitrogens is 1. The molecule has 1 amide bonds. The van der Waals surface area contributed by atoms with Crippen LogP contribution in [0, 0.1) is 20.8 Å². The van der Waals surface area contributed by atoms with Gasteiger partial charge < -0.3 is 10.2 Å². The van der Waals surface area contributed by atoms with Crippen molar-refractivity contribution in [2.24, 2.45) is 0 Å². The Labute approximate surface area is 148 Å². The van der Waals surface area contributed by atoms with E-state index in [1.165, 1.54) is 22.5 Å². The van der Waals surface area contributed by atoms with Crippen LogP contribution >= 0.6 is 23.7 Å². The van der Waals surface area contributed by atoms with Crippen LogP contribution in [0.1, 0.15) is 26.5 Å². The highest BCUT2D eigenvalue weighted by Gasteiger charge is 2.19. The van der Waals surface area contributed by atoms with Gasteiger partial charge in [0.05, 0.1) is 5.69 Å². The number of aryl methyl sites for hydroxylation is 3. The van der Waals surface area contributed by atoms with Crippen LogP contribution in [0.2, 0.25) is 0 Å². The van der Waals surface area contributed by atoms with Gasteiger partial charge in [-0.15, -0.1) is 23.7 Å². The number of halogens is 1. The van der Waals surface area contributed by atoms with E-state index in [0.29, 0.717) is 6.54 Å². The monoisotopic (exact) mass is 353 g/mol. The SMILES string of the molecule is CNCCN(C)C(=O)c1sc(-c2ccc(C)cc2C)nc1C.Cl. The molecule has 2 rings (SSSR count). The lowest BCUT2D eigenvalue weighted by Gasteiger charge is -2.15. The Kier molecular flexibility index (Phi) is 7.19. The maximum atomic E-state index is 12.5. The van der Waals surface area contributed by atoms with Gasteiger partial charge in [0.2, 0.25) is 0 Å². The molecular formula is C17H24ClN3OS. The van der Waals surface area contributed by atoms with Crippen molar-refractivity contribution in [2.45, 2.75) is 20.8 Å². The lowest BCUT2D eigenvalue weighted by molar-refractivity contribution is 0.0800. The van der Waals surface area contributed by atoms with Crippen molar-refractivity contribution in [1.29, 1.82) is 0 Å². The molecule has 0 saturated carbocycles. The zero-order valence-corrected chi connectivity index (χ0v) is 15.9. The minimum absolute atomic E-state index is 0. The average molecular weight is 354 g/mol. The molecule has 0 aliphatic carbocycles. The van der Waals surface area contributed by atoms with Crippen LogP contribution in [0.4, 0.5) is 0 Å². The zero-order valence-electron chi connectivity index (χ0n) is 14.3. The summed E-state index contributed by atoms with van der Waals surface area (Å²) in [5, 5.41) is 3.97. The fourth-order valence-electron chi connectivity index (χ4n) is 2.32. The van der Waals surface area contributed by atoms with E-state index in [1.54, 1.807) is 4.90 Å². The molecule has 0 atom stereocenters. The Morgan fingerprint density at radius 2 is 2.00 bits per heavy atom. The molecule has 0 bridgehead atoms. The third-order valence-corrected chi connectivity index (χ3v) is 4.83. The van der Waals surface area contributed by atoms with Crippen LogP contribution in [0.5, 0.6) is 0 Å². The van der Waals surface area contributed by atoms with Crippen molar-refractivity contribution in [3.8, 4) is 10.6 Å². The molecule has 23 heavy (non-hydrogen) atoms. The topological polar surface area (TPSA) is 45.2 Å². The number of thiazole rings is 1. The van der Waals surface area contributed by atoms with E-state index in [0.717, 1.165) is 27.7 Å². The maximum Gasteiger partial charge on any atom is 0.265 e. The number of hydrogen-bond acceptors (Lipinski definition) is 4. The summed E-state index contributed by atoms with van der Waals surface area (Å²) in [6.07, 6.45) is 0. The van der Waals surface area contributed by atoms with Crippen molar-refractivity contribution in [2.75, 3.05) is 27.2 Å². The van der Waals surface area contributed by atoms with Gasteiger partial charge in [0, 0.05) is 25.7 Å². The molecule has 0 fully saturated rings. The lowest BCUT2D eigenvalue weighted by atomic mass is 10.1. The van der Waals surface area contributed by atoms with E-state index >= 15 is 0 Å². The summed E-state index contributed by atoms with van der Waals surface area (Å²) in [5.74, 6) is 0.0428. The van der Waals surface area contributed by atoms with Gasteiger partial charge in [0.1, 0.15) is 9.88 Å². The predicted octanol–water partition coefficient (Wildman–Crippen LogP) is 3.45. The highest BCUT2D eigenvalue weighted by molar-refractivity contribution is 7.17. The second-order valence-electron chi connectivity index (χ2n) is 5.58. The Bertz CT molecular complexity index is 684. The summed E-state index contributed by atoms with van der Waals surface area (Å²) in [6, 6.07) is 6.31. The fraction of sp³-hybridized carbons (Fsp3) is 0.412. The second kappa shape index (κ2) is 8.43. The molecule has 0 radical (unpaired) electrons. The van der Waals surface area contributed by atoms with Crippen molar-refractivity contribution in [3.63, 3.8) is 0 Å². The van der Waals surface area contributed by atoms with E-state index in [-0.39, 0.29) is 18.3 Å². The number of rotatable bonds is 5. The molecule has 126 valence electrons. The maximum absolute atomic E-state index is 12.5. The highest BCUT2D eigenvalue weighted by Crippen LogP contribution is 2.31. The molecule has 0 unspecified atom stereocenters. The third kappa shape index (κ3) is 4.53. The number of amides is 1. The van der Waals surface area contributed by atoms with Gasteiger partial charge >= 0.3 is 0 Å². The van der Waals surface area contributed by atoms with Crippen LogP contribution in [0.3, 0.4) is 0 Å². The van der Waals surface area contributed by atoms with Crippen LogP contribution in [0.15, 0.2) is 18.2 Å². The Morgan fingerprint density at radius 1 is 1.30 bits per heavy atom. The molecule has 6 heteroatoms. The molecule has 1 heterocycles.